The molecule has 0 radical (unpaired) electrons. The maximum atomic E-state index is 13.6. The smallest absolute Gasteiger partial charge is 0.264 e. The first kappa shape index (κ1) is 25.5. The zero-order chi connectivity index (χ0) is 24.9. The fourth-order valence-corrected chi connectivity index (χ4v) is 5.30. The van der Waals surface area contributed by atoms with Crippen molar-refractivity contribution in [2.45, 2.75) is 57.4 Å². The highest BCUT2D eigenvalue weighted by Gasteiger charge is 2.29. The van der Waals surface area contributed by atoms with Gasteiger partial charge < -0.3 is 5.32 Å². The van der Waals surface area contributed by atoms with Crippen molar-refractivity contribution in [1.82, 2.24) is 5.32 Å². The molecule has 180 valence electrons. The second kappa shape index (κ2) is 10.4. The van der Waals surface area contributed by atoms with E-state index in [1.807, 2.05) is 63.2 Å². The third-order valence-corrected chi connectivity index (χ3v) is 7.50. The van der Waals surface area contributed by atoms with Crippen molar-refractivity contribution in [2.24, 2.45) is 0 Å². The minimum Gasteiger partial charge on any atom is -0.349 e. The van der Waals surface area contributed by atoms with Crippen LogP contribution < -0.4 is 9.62 Å². The monoisotopic (exact) mass is 478 g/mol. The predicted molar refractivity (Wildman–Crippen MR) is 139 cm³/mol. The SMILES string of the molecule is Cc1ccc(S(=O)(=O)N(CC(=O)NC(C)(C)Cc2ccccc2)c2ccc(C(C)C)cc2)cc1. The summed E-state index contributed by atoms with van der Waals surface area (Å²) in [6.07, 6.45) is 0.632. The van der Waals surface area contributed by atoms with E-state index in [9.17, 15) is 13.2 Å². The Labute approximate surface area is 203 Å². The number of aryl methyl sites for hydroxylation is 1. The van der Waals surface area contributed by atoms with Gasteiger partial charge in [-0.15, -0.1) is 0 Å². The van der Waals surface area contributed by atoms with Crippen molar-refractivity contribution in [3.8, 4) is 0 Å². The van der Waals surface area contributed by atoms with Crippen LogP contribution in [0.25, 0.3) is 0 Å². The molecule has 3 aromatic rings. The van der Waals surface area contributed by atoms with Crippen LogP contribution in [-0.4, -0.2) is 26.4 Å². The highest BCUT2D eigenvalue weighted by atomic mass is 32.2. The molecule has 5 nitrogen and oxygen atoms in total. The summed E-state index contributed by atoms with van der Waals surface area (Å²) < 4.78 is 28.4. The number of amides is 1. The molecule has 0 unspecified atom stereocenters. The molecule has 1 N–H and O–H groups in total. The summed E-state index contributed by atoms with van der Waals surface area (Å²) in [4.78, 5) is 13.3. The molecule has 0 atom stereocenters. The number of rotatable bonds is 9. The largest absolute Gasteiger partial charge is 0.349 e. The Kier molecular flexibility index (Phi) is 7.82. The molecule has 0 aromatic heterocycles. The fourth-order valence-electron chi connectivity index (χ4n) is 3.88. The number of carbonyl (C=O) groups excluding carboxylic acids is 1. The van der Waals surface area contributed by atoms with E-state index in [0.717, 1.165) is 16.7 Å². The summed E-state index contributed by atoms with van der Waals surface area (Å²) in [5.74, 6) is -0.0390. The Hall–Kier alpha value is -3.12. The number of benzene rings is 3. The second-order valence-corrected chi connectivity index (χ2v) is 11.5. The van der Waals surface area contributed by atoms with Crippen molar-refractivity contribution >= 4 is 21.6 Å². The highest BCUT2D eigenvalue weighted by molar-refractivity contribution is 7.92. The summed E-state index contributed by atoms with van der Waals surface area (Å²) in [6.45, 7) is 9.63. The number of hydrogen-bond acceptors (Lipinski definition) is 3. The van der Waals surface area contributed by atoms with Gasteiger partial charge in [0, 0.05) is 5.54 Å². The average molecular weight is 479 g/mol. The van der Waals surface area contributed by atoms with Gasteiger partial charge in [0.1, 0.15) is 6.54 Å². The molecule has 34 heavy (non-hydrogen) atoms. The van der Waals surface area contributed by atoms with Crippen molar-refractivity contribution in [1.29, 1.82) is 0 Å². The van der Waals surface area contributed by atoms with Gasteiger partial charge in [0.15, 0.2) is 0 Å². The zero-order valence-electron chi connectivity index (χ0n) is 20.6. The molecule has 0 aliphatic heterocycles. The van der Waals surface area contributed by atoms with Gasteiger partial charge in [-0.1, -0.05) is 74.0 Å². The molecule has 0 spiro atoms. The van der Waals surface area contributed by atoms with E-state index in [0.29, 0.717) is 18.0 Å². The zero-order valence-corrected chi connectivity index (χ0v) is 21.4. The lowest BCUT2D eigenvalue weighted by Gasteiger charge is -2.29. The van der Waals surface area contributed by atoms with Crippen LogP contribution in [0.1, 0.15) is 50.3 Å². The van der Waals surface area contributed by atoms with Crippen LogP contribution in [0.4, 0.5) is 5.69 Å². The number of nitrogens with one attached hydrogen (secondary N) is 1. The van der Waals surface area contributed by atoms with E-state index in [-0.39, 0.29) is 17.3 Å². The summed E-state index contributed by atoms with van der Waals surface area (Å²) in [5, 5.41) is 3.02. The van der Waals surface area contributed by atoms with Gasteiger partial charge in [0.25, 0.3) is 10.0 Å². The summed E-state index contributed by atoms with van der Waals surface area (Å²) in [6, 6.07) is 23.9. The molecular weight excluding hydrogens is 444 g/mol. The normalized spacial score (nSPS) is 11.9. The molecule has 0 aliphatic rings. The van der Waals surface area contributed by atoms with Crippen LogP contribution in [0, 0.1) is 6.92 Å². The quantitative estimate of drug-likeness (QED) is 0.445. The van der Waals surface area contributed by atoms with Gasteiger partial charge in [-0.2, -0.15) is 0 Å². The first-order valence-corrected chi connectivity index (χ1v) is 13.0. The maximum Gasteiger partial charge on any atom is 0.264 e. The molecule has 0 saturated carbocycles. The highest BCUT2D eigenvalue weighted by Crippen LogP contribution is 2.26. The van der Waals surface area contributed by atoms with E-state index in [4.69, 9.17) is 0 Å². The van der Waals surface area contributed by atoms with Crippen LogP contribution in [0.2, 0.25) is 0 Å². The molecule has 0 aliphatic carbocycles. The molecule has 1 amide bonds. The summed E-state index contributed by atoms with van der Waals surface area (Å²) >= 11 is 0. The van der Waals surface area contributed by atoms with E-state index in [1.165, 1.54) is 4.31 Å². The molecule has 6 heteroatoms. The lowest BCUT2D eigenvalue weighted by molar-refractivity contribution is -0.121. The lowest BCUT2D eigenvalue weighted by atomic mass is 9.95. The maximum absolute atomic E-state index is 13.6. The van der Waals surface area contributed by atoms with Crippen LogP contribution in [0.3, 0.4) is 0 Å². The van der Waals surface area contributed by atoms with Crippen LogP contribution >= 0.6 is 0 Å². The van der Waals surface area contributed by atoms with Crippen LogP contribution in [0.15, 0.2) is 83.8 Å². The number of carbonyl (C=O) groups is 1. The van der Waals surface area contributed by atoms with E-state index >= 15 is 0 Å². The van der Waals surface area contributed by atoms with Crippen molar-refractivity contribution in [3.63, 3.8) is 0 Å². The molecule has 3 aromatic carbocycles. The third-order valence-electron chi connectivity index (χ3n) is 5.71. The molecule has 0 fully saturated rings. The number of sulfonamides is 1. The fraction of sp³-hybridized carbons (Fsp3) is 0.321. The number of hydrogen-bond donors (Lipinski definition) is 1. The Bertz CT molecular complexity index is 1200. The summed E-state index contributed by atoms with van der Waals surface area (Å²) in [5.41, 5.74) is 3.08. The average Bonchev–Trinajstić information content (AvgIpc) is 2.77. The Morgan fingerprint density at radius 2 is 1.50 bits per heavy atom. The molecular formula is C28H34N2O3S. The number of nitrogens with zero attached hydrogens (tertiary/aromatic N) is 1. The Morgan fingerprint density at radius 3 is 2.06 bits per heavy atom. The Morgan fingerprint density at radius 1 is 0.912 bits per heavy atom. The lowest BCUT2D eigenvalue weighted by Crippen LogP contribution is -2.50. The minimum atomic E-state index is -3.94. The van der Waals surface area contributed by atoms with Crippen LogP contribution in [0.5, 0.6) is 0 Å². The van der Waals surface area contributed by atoms with E-state index in [1.54, 1.807) is 36.4 Å². The Balaban J connectivity index is 1.88. The molecule has 0 bridgehead atoms. The van der Waals surface area contributed by atoms with Gasteiger partial charge in [-0.05, 0) is 68.5 Å². The molecule has 0 heterocycles. The topological polar surface area (TPSA) is 66.5 Å². The first-order valence-electron chi connectivity index (χ1n) is 11.5. The second-order valence-electron chi connectivity index (χ2n) is 9.67. The number of anilines is 1. The van der Waals surface area contributed by atoms with Gasteiger partial charge >= 0.3 is 0 Å². The third kappa shape index (κ3) is 6.48. The van der Waals surface area contributed by atoms with Crippen molar-refractivity contribution in [3.05, 3.63) is 95.6 Å². The molecule has 3 rings (SSSR count). The minimum absolute atomic E-state index is 0.155. The van der Waals surface area contributed by atoms with Crippen molar-refractivity contribution < 1.29 is 13.2 Å². The first-order chi connectivity index (χ1) is 16.0. The van der Waals surface area contributed by atoms with Gasteiger partial charge in [0.05, 0.1) is 10.6 Å². The predicted octanol–water partition coefficient (Wildman–Crippen LogP) is 5.45. The van der Waals surface area contributed by atoms with Crippen molar-refractivity contribution in [2.75, 3.05) is 10.8 Å². The van der Waals surface area contributed by atoms with Gasteiger partial charge in [-0.3, -0.25) is 9.10 Å². The van der Waals surface area contributed by atoms with Crippen LogP contribution in [-0.2, 0) is 21.2 Å². The van der Waals surface area contributed by atoms with E-state index in [2.05, 4.69) is 19.2 Å². The van der Waals surface area contributed by atoms with Gasteiger partial charge in [0.2, 0.25) is 5.91 Å². The summed E-state index contributed by atoms with van der Waals surface area (Å²) in [7, 11) is -3.94. The van der Waals surface area contributed by atoms with E-state index < -0.39 is 15.6 Å². The van der Waals surface area contributed by atoms with Gasteiger partial charge in [-0.25, -0.2) is 8.42 Å². The molecule has 0 saturated heterocycles. The standard InChI is InChI=1S/C28H34N2O3S/c1-21(2)24-13-15-25(16-14-24)30(34(32,33)26-17-11-22(3)12-18-26)20-27(31)29-28(4,5)19-23-9-7-6-8-10-23/h6-18,21H,19-20H2,1-5H3,(H,29,31).